The Hall–Kier alpha value is -3.99. The number of benzene rings is 1. The van der Waals surface area contributed by atoms with Crippen molar-refractivity contribution < 1.29 is 13.3 Å². The molecule has 3 unspecified atom stereocenters. The second-order valence-corrected chi connectivity index (χ2v) is 10.5. The first-order chi connectivity index (χ1) is 19.5. The molecule has 0 amide bonds. The van der Waals surface area contributed by atoms with Gasteiger partial charge < -0.3 is 20.1 Å². The average Bonchev–Trinajstić information content (AvgIpc) is 3.41. The van der Waals surface area contributed by atoms with Gasteiger partial charge in [-0.2, -0.15) is 4.98 Å². The van der Waals surface area contributed by atoms with E-state index in [4.69, 9.17) is 4.52 Å². The number of rotatable bonds is 7. The van der Waals surface area contributed by atoms with Gasteiger partial charge in [0.25, 0.3) is 0 Å². The van der Waals surface area contributed by atoms with E-state index >= 15 is 0 Å². The Morgan fingerprint density at radius 1 is 0.925 bits per heavy atom. The van der Waals surface area contributed by atoms with Crippen molar-refractivity contribution in [1.29, 1.82) is 0 Å². The molecule has 208 valence electrons. The highest BCUT2D eigenvalue weighted by Gasteiger charge is 2.30. The lowest BCUT2D eigenvalue weighted by Gasteiger charge is -2.40. The summed E-state index contributed by atoms with van der Waals surface area (Å²) in [6.07, 6.45) is 11.9. The highest BCUT2D eigenvalue weighted by atomic mass is 19.1. The predicted molar refractivity (Wildman–Crippen MR) is 148 cm³/mol. The van der Waals surface area contributed by atoms with E-state index in [1.54, 1.807) is 19.2 Å². The molecule has 1 aliphatic heterocycles. The standard InChI is InChI=1S/C29H32F2N8O/c1-18-35-29(38-40-18)28-33-15-22(16-34-28)39-12-4-5-21(17-39)36-25-6-2-3-7-26(25)37-27-13-19(10-11-32-27)23-9-8-20(30)14-24(23)31/h8-11,13-16,21,25-26,36H,2-7,12,17H2,1H3,(H,32,37). The summed E-state index contributed by atoms with van der Waals surface area (Å²) < 4.78 is 32.8. The van der Waals surface area contributed by atoms with Crippen molar-refractivity contribution in [2.45, 2.75) is 63.6 Å². The number of hydrogen-bond acceptors (Lipinski definition) is 9. The van der Waals surface area contributed by atoms with Gasteiger partial charge in [-0.15, -0.1) is 0 Å². The number of halogens is 2. The Morgan fingerprint density at radius 3 is 2.52 bits per heavy atom. The van der Waals surface area contributed by atoms with E-state index in [9.17, 15) is 8.78 Å². The van der Waals surface area contributed by atoms with Crippen LogP contribution in [0.3, 0.4) is 0 Å². The molecule has 2 aliphatic rings. The lowest BCUT2D eigenvalue weighted by atomic mass is 9.89. The van der Waals surface area contributed by atoms with Gasteiger partial charge in [0.05, 0.1) is 18.1 Å². The summed E-state index contributed by atoms with van der Waals surface area (Å²) in [5.74, 6) is 0.840. The third-order valence-corrected chi connectivity index (χ3v) is 7.70. The Morgan fingerprint density at radius 2 is 1.75 bits per heavy atom. The smallest absolute Gasteiger partial charge is 0.240 e. The Labute approximate surface area is 231 Å². The molecule has 6 rings (SSSR count). The number of nitrogens with one attached hydrogen (secondary N) is 2. The van der Waals surface area contributed by atoms with Crippen LogP contribution in [0.15, 0.2) is 53.4 Å². The van der Waals surface area contributed by atoms with Crippen molar-refractivity contribution in [3.63, 3.8) is 0 Å². The molecular weight excluding hydrogens is 514 g/mol. The summed E-state index contributed by atoms with van der Waals surface area (Å²) in [6, 6.07) is 8.04. The van der Waals surface area contributed by atoms with Crippen LogP contribution in [0.4, 0.5) is 20.3 Å². The molecule has 0 spiro atoms. The zero-order chi connectivity index (χ0) is 27.5. The number of anilines is 2. The normalized spacial score (nSPS) is 21.4. The van der Waals surface area contributed by atoms with Crippen LogP contribution < -0.4 is 15.5 Å². The van der Waals surface area contributed by atoms with Gasteiger partial charge >= 0.3 is 0 Å². The van der Waals surface area contributed by atoms with Crippen LogP contribution in [0, 0.1) is 18.6 Å². The SMILES string of the molecule is Cc1nc(-c2ncc(N3CCCC(NC4CCCCC4Nc4cc(-c5ccc(F)cc5F)ccn4)C3)cn2)no1. The maximum atomic E-state index is 14.4. The second-order valence-electron chi connectivity index (χ2n) is 10.5. The van der Waals surface area contributed by atoms with Crippen molar-refractivity contribution in [3.05, 3.63) is 66.4 Å². The first kappa shape index (κ1) is 26.2. The highest BCUT2D eigenvalue weighted by Crippen LogP contribution is 2.28. The summed E-state index contributed by atoms with van der Waals surface area (Å²) in [5, 5.41) is 11.4. The molecule has 1 aliphatic carbocycles. The minimum Gasteiger partial charge on any atom is -0.367 e. The molecule has 0 radical (unpaired) electrons. The van der Waals surface area contributed by atoms with Crippen molar-refractivity contribution in [3.8, 4) is 22.8 Å². The molecule has 1 saturated heterocycles. The fraction of sp³-hybridized carbons (Fsp3) is 0.414. The van der Waals surface area contributed by atoms with E-state index in [2.05, 4.69) is 40.6 Å². The zero-order valence-electron chi connectivity index (χ0n) is 22.4. The first-order valence-corrected chi connectivity index (χ1v) is 13.8. The Kier molecular flexibility index (Phi) is 7.63. The van der Waals surface area contributed by atoms with Crippen molar-refractivity contribution in [2.24, 2.45) is 0 Å². The molecule has 1 saturated carbocycles. The van der Waals surface area contributed by atoms with Crippen LogP contribution in [0.25, 0.3) is 22.8 Å². The second kappa shape index (κ2) is 11.6. The fourth-order valence-electron chi connectivity index (χ4n) is 5.73. The predicted octanol–water partition coefficient (Wildman–Crippen LogP) is 5.16. The molecule has 4 heterocycles. The molecule has 11 heteroatoms. The van der Waals surface area contributed by atoms with Gasteiger partial charge in [0.2, 0.25) is 17.5 Å². The number of aromatic nitrogens is 5. The fourth-order valence-corrected chi connectivity index (χ4v) is 5.73. The average molecular weight is 547 g/mol. The number of aryl methyl sites for hydroxylation is 1. The molecule has 0 bridgehead atoms. The van der Waals surface area contributed by atoms with Crippen LogP contribution in [0.5, 0.6) is 0 Å². The van der Waals surface area contributed by atoms with E-state index in [0.29, 0.717) is 40.5 Å². The van der Waals surface area contributed by atoms with E-state index in [1.165, 1.54) is 18.6 Å². The number of hydrogen-bond donors (Lipinski definition) is 2. The van der Waals surface area contributed by atoms with Crippen LogP contribution in [-0.2, 0) is 0 Å². The molecule has 3 aromatic heterocycles. The summed E-state index contributed by atoms with van der Waals surface area (Å²) in [7, 11) is 0. The molecular formula is C29H32F2N8O. The molecule has 4 aromatic rings. The van der Waals surface area contributed by atoms with Crippen LogP contribution in [0.1, 0.15) is 44.4 Å². The van der Waals surface area contributed by atoms with Crippen molar-refractivity contribution in [2.75, 3.05) is 23.3 Å². The topological polar surface area (TPSA) is 105 Å². The maximum absolute atomic E-state index is 14.4. The van der Waals surface area contributed by atoms with Crippen LogP contribution in [0.2, 0.25) is 0 Å². The van der Waals surface area contributed by atoms with Gasteiger partial charge in [-0.3, -0.25) is 0 Å². The zero-order valence-corrected chi connectivity index (χ0v) is 22.4. The first-order valence-electron chi connectivity index (χ1n) is 13.8. The van der Waals surface area contributed by atoms with Gasteiger partial charge in [0.1, 0.15) is 17.5 Å². The highest BCUT2D eigenvalue weighted by molar-refractivity contribution is 5.67. The summed E-state index contributed by atoms with van der Waals surface area (Å²) >= 11 is 0. The minimum atomic E-state index is -0.588. The van der Waals surface area contributed by atoms with Crippen molar-refractivity contribution >= 4 is 11.5 Å². The number of nitrogens with zero attached hydrogens (tertiary/aromatic N) is 6. The van der Waals surface area contributed by atoms with Gasteiger partial charge in [-0.25, -0.2) is 23.7 Å². The van der Waals surface area contributed by atoms with E-state index < -0.39 is 11.6 Å². The Balaban J connectivity index is 1.10. The van der Waals surface area contributed by atoms with E-state index in [-0.39, 0.29) is 12.1 Å². The third kappa shape index (κ3) is 5.94. The number of pyridine rings is 1. The lowest BCUT2D eigenvalue weighted by Crippen LogP contribution is -2.55. The molecule has 3 atom stereocenters. The molecule has 9 nitrogen and oxygen atoms in total. The third-order valence-electron chi connectivity index (χ3n) is 7.70. The van der Waals surface area contributed by atoms with Crippen molar-refractivity contribution in [1.82, 2.24) is 30.4 Å². The minimum absolute atomic E-state index is 0.200. The quantitative estimate of drug-likeness (QED) is 0.325. The molecule has 2 N–H and O–H groups in total. The monoisotopic (exact) mass is 546 g/mol. The molecule has 2 fully saturated rings. The summed E-state index contributed by atoms with van der Waals surface area (Å²) in [5.41, 5.74) is 2.00. The molecule has 1 aromatic carbocycles. The lowest BCUT2D eigenvalue weighted by molar-refractivity contribution is 0.293. The number of piperidine rings is 1. The Bertz CT molecular complexity index is 1450. The maximum Gasteiger partial charge on any atom is 0.240 e. The van der Waals surface area contributed by atoms with E-state index in [1.807, 2.05) is 18.5 Å². The molecule has 40 heavy (non-hydrogen) atoms. The van der Waals surface area contributed by atoms with Gasteiger partial charge in [-0.05, 0) is 55.5 Å². The van der Waals surface area contributed by atoms with Crippen LogP contribution in [-0.4, -0.2) is 56.3 Å². The van der Waals surface area contributed by atoms with Gasteiger partial charge in [0.15, 0.2) is 0 Å². The van der Waals surface area contributed by atoms with E-state index in [0.717, 1.165) is 56.9 Å². The van der Waals surface area contributed by atoms with Crippen LogP contribution >= 0.6 is 0 Å². The van der Waals surface area contributed by atoms with Gasteiger partial charge in [-0.1, -0.05) is 18.0 Å². The summed E-state index contributed by atoms with van der Waals surface area (Å²) in [4.78, 5) is 19.9. The summed E-state index contributed by atoms with van der Waals surface area (Å²) in [6.45, 7) is 3.55. The van der Waals surface area contributed by atoms with Gasteiger partial charge in [0, 0.05) is 56.0 Å². The largest absolute Gasteiger partial charge is 0.367 e.